The predicted octanol–water partition coefficient (Wildman–Crippen LogP) is 7.56. The van der Waals surface area contributed by atoms with E-state index in [4.69, 9.17) is 24.4 Å². The Morgan fingerprint density at radius 2 is 0.853 bits per heavy atom. The van der Waals surface area contributed by atoms with Gasteiger partial charge in [0.05, 0.1) is 13.2 Å². The van der Waals surface area contributed by atoms with Gasteiger partial charge in [-0.05, 0) is 31.8 Å². The van der Waals surface area contributed by atoms with Crippen molar-refractivity contribution < 1.29 is 24.4 Å². The second-order valence-corrected chi connectivity index (χ2v) is 9.60. The topological polar surface area (TPSA) is 68.2 Å². The molecule has 1 aliphatic heterocycles. The average Bonchev–Trinajstić information content (AvgIpc) is 2.86. The first-order chi connectivity index (χ1) is 16.9. The van der Waals surface area contributed by atoms with Crippen molar-refractivity contribution in [2.24, 2.45) is 0 Å². The Kier molecular flexibility index (Phi) is 22.6. The normalized spacial score (nSPS) is 13.4. The summed E-state index contributed by atoms with van der Waals surface area (Å²) in [6.45, 7) is 2.69. The van der Waals surface area contributed by atoms with Gasteiger partial charge in [-0.15, -0.1) is 0 Å². The van der Waals surface area contributed by atoms with Crippen molar-refractivity contribution in [3.05, 3.63) is 23.9 Å². The van der Waals surface area contributed by atoms with Gasteiger partial charge in [0, 0.05) is 13.2 Å². The van der Waals surface area contributed by atoms with Crippen molar-refractivity contribution in [1.29, 1.82) is 0 Å². The first-order valence-electron chi connectivity index (χ1n) is 14.4. The van der Waals surface area contributed by atoms with Gasteiger partial charge in [0.2, 0.25) is 0 Å². The van der Waals surface area contributed by atoms with Crippen molar-refractivity contribution in [3.8, 4) is 0 Å². The van der Waals surface area contributed by atoms with Crippen LogP contribution >= 0.6 is 0 Å². The second kappa shape index (κ2) is 24.9. The summed E-state index contributed by atoms with van der Waals surface area (Å²) in [7, 11) is 0. The van der Waals surface area contributed by atoms with Crippen molar-refractivity contribution in [3.63, 3.8) is 0 Å². The number of hydrogen-bond donors (Lipinski definition) is 2. The highest BCUT2D eigenvalue weighted by molar-refractivity contribution is 5.21. The highest BCUT2D eigenvalue weighted by Crippen LogP contribution is 2.19. The summed E-state index contributed by atoms with van der Waals surface area (Å²) < 4.78 is 17.3. The molecule has 0 fully saturated rings. The zero-order valence-corrected chi connectivity index (χ0v) is 22.0. The Labute approximate surface area is 210 Å². The summed E-state index contributed by atoms with van der Waals surface area (Å²) in [4.78, 5) is 0. The number of hydrogen-bond acceptors (Lipinski definition) is 5. The molecule has 0 atom stereocenters. The lowest BCUT2D eigenvalue weighted by Gasteiger charge is -2.18. The molecule has 1 heterocycles. The fraction of sp³-hybridized carbons (Fsp3) is 0.862. The predicted molar refractivity (Wildman–Crippen MR) is 141 cm³/mol. The van der Waals surface area contributed by atoms with Gasteiger partial charge >= 0.3 is 0 Å². The molecule has 0 bridgehead atoms. The van der Waals surface area contributed by atoms with E-state index in [2.05, 4.69) is 0 Å². The quantitative estimate of drug-likeness (QED) is 0.124. The van der Waals surface area contributed by atoms with E-state index in [1.807, 2.05) is 6.08 Å². The number of rotatable bonds is 26. The summed E-state index contributed by atoms with van der Waals surface area (Å²) in [5, 5.41) is 17.6. The lowest BCUT2D eigenvalue weighted by Crippen LogP contribution is -2.08. The highest BCUT2D eigenvalue weighted by Gasteiger charge is 2.12. The van der Waals surface area contributed by atoms with E-state index in [0.29, 0.717) is 19.8 Å². The average molecular weight is 483 g/mol. The molecule has 0 saturated carbocycles. The molecule has 0 saturated heterocycles. The fourth-order valence-corrected chi connectivity index (χ4v) is 4.26. The molecule has 0 radical (unpaired) electrons. The summed E-state index contributed by atoms with van der Waals surface area (Å²) >= 11 is 0. The van der Waals surface area contributed by atoms with E-state index in [0.717, 1.165) is 50.4 Å². The van der Waals surface area contributed by atoms with Crippen LogP contribution < -0.4 is 0 Å². The van der Waals surface area contributed by atoms with Crippen molar-refractivity contribution >= 4 is 0 Å². The Morgan fingerprint density at radius 3 is 1.26 bits per heavy atom. The molecular weight excluding hydrogens is 428 g/mol. The minimum Gasteiger partial charge on any atom is -0.493 e. The Morgan fingerprint density at radius 1 is 0.500 bits per heavy atom. The van der Waals surface area contributed by atoms with Gasteiger partial charge < -0.3 is 24.4 Å². The maximum absolute atomic E-state index is 8.78. The Bertz CT molecular complexity index is 445. The SMILES string of the molecule is OCCCCCCCCCCCCOC1=CCOC=C1OCCCCCCCCCCCCO. The van der Waals surface area contributed by atoms with Crippen LogP contribution in [0.2, 0.25) is 0 Å². The van der Waals surface area contributed by atoms with E-state index in [9.17, 15) is 0 Å². The maximum Gasteiger partial charge on any atom is 0.195 e. The smallest absolute Gasteiger partial charge is 0.195 e. The molecule has 0 unspecified atom stereocenters. The van der Waals surface area contributed by atoms with Gasteiger partial charge in [-0.1, -0.05) is 103 Å². The molecule has 1 aliphatic rings. The van der Waals surface area contributed by atoms with Crippen LogP contribution in [0, 0.1) is 0 Å². The fourth-order valence-electron chi connectivity index (χ4n) is 4.26. The number of aliphatic hydroxyl groups is 2. The zero-order chi connectivity index (χ0) is 24.4. The van der Waals surface area contributed by atoms with Crippen molar-refractivity contribution in [2.75, 3.05) is 33.0 Å². The molecule has 5 heteroatoms. The van der Waals surface area contributed by atoms with Gasteiger partial charge in [-0.25, -0.2) is 0 Å². The molecule has 0 spiro atoms. The van der Waals surface area contributed by atoms with Crippen molar-refractivity contribution in [2.45, 2.75) is 128 Å². The van der Waals surface area contributed by atoms with Crippen molar-refractivity contribution in [1.82, 2.24) is 0 Å². The molecule has 34 heavy (non-hydrogen) atoms. The molecule has 0 aliphatic carbocycles. The molecule has 200 valence electrons. The Balaban J connectivity index is 1.92. The monoisotopic (exact) mass is 482 g/mol. The number of unbranched alkanes of at least 4 members (excludes halogenated alkanes) is 18. The molecule has 0 amide bonds. The third-order valence-corrected chi connectivity index (χ3v) is 6.42. The highest BCUT2D eigenvalue weighted by atomic mass is 16.5. The second-order valence-electron chi connectivity index (χ2n) is 9.60. The first kappa shape index (κ1) is 30.8. The minimum atomic E-state index is 0.336. The summed E-state index contributed by atoms with van der Waals surface area (Å²) in [5.74, 6) is 1.59. The standard InChI is InChI=1S/C29H54O5/c30-22-17-13-9-5-1-3-7-11-15-19-24-33-28-21-26-32-27-29(28)34-25-20-16-12-8-4-2-6-10-14-18-23-31/h21,27,30-31H,1-20,22-26H2. The van der Waals surface area contributed by atoms with Crippen LogP contribution in [0.5, 0.6) is 0 Å². The van der Waals surface area contributed by atoms with Gasteiger partial charge in [-0.2, -0.15) is 0 Å². The third-order valence-electron chi connectivity index (χ3n) is 6.42. The lowest BCUT2D eigenvalue weighted by atomic mass is 10.1. The van der Waals surface area contributed by atoms with Crippen LogP contribution in [-0.4, -0.2) is 43.2 Å². The van der Waals surface area contributed by atoms with Crippen LogP contribution in [0.15, 0.2) is 23.9 Å². The maximum atomic E-state index is 8.78. The number of ether oxygens (including phenoxy) is 3. The first-order valence-corrected chi connectivity index (χ1v) is 14.4. The number of aliphatic hydroxyl groups excluding tert-OH is 2. The van der Waals surface area contributed by atoms with E-state index in [-0.39, 0.29) is 0 Å². The van der Waals surface area contributed by atoms with Crippen LogP contribution in [-0.2, 0) is 14.2 Å². The summed E-state index contributed by atoms with van der Waals surface area (Å²) in [5.41, 5.74) is 0. The lowest BCUT2D eigenvalue weighted by molar-refractivity contribution is 0.120. The molecule has 0 aromatic rings. The van der Waals surface area contributed by atoms with E-state index in [1.165, 1.54) is 103 Å². The zero-order valence-electron chi connectivity index (χ0n) is 22.0. The molecular formula is C29H54O5. The molecule has 0 aromatic carbocycles. The molecule has 5 nitrogen and oxygen atoms in total. The largest absolute Gasteiger partial charge is 0.493 e. The van der Waals surface area contributed by atoms with Crippen LogP contribution in [0.1, 0.15) is 128 Å². The molecule has 1 rings (SSSR count). The van der Waals surface area contributed by atoms with Gasteiger partial charge in [0.1, 0.15) is 12.9 Å². The van der Waals surface area contributed by atoms with Crippen LogP contribution in [0.25, 0.3) is 0 Å². The third kappa shape index (κ3) is 19.1. The van der Waals surface area contributed by atoms with E-state index in [1.54, 1.807) is 6.26 Å². The summed E-state index contributed by atoms with van der Waals surface area (Å²) in [6.07, 6.45) is 28.1. The molecule has 0 aromatic heterocycles. The van der Waals surface area contributed by atoms with Gasteiger partial charge in [0.25, 0.3) is 0 Å². The van der Waals surface area contributed by atoms with E-state index < -0.39 is 0 Å². The summed E-state index contributed by atoms with van der Waals surface area (Å²) in [6, 6.07) is 0. The van der Waals surface area contributed by atoms with Gasteiger partial charge in [0.15, 0.2) is 11.5 Å². The van der Waals surface area contributed by atoms with E-state index >= 15 is 0 Å². The van der Waals surface area contributed by atoms with Crippen LogP contribution in [0.3, 0.4) is 0 Å². The van der Waals surface area contributed by atoms with Gasteiger partial charge in [-0.3, -0.25) is 0 Å². The minimum absolute atomic E-state index is 0.336. The van der Waals surface area contributed by atoms with Crippen LogP contribution in [0.4, 0.5) is 0 Å². The molecule has 2 N–H and O–H groups in total. The Hall–Kier alpha value is -1.20.